The summed E-state index contributed by atoms with van der Waals surface area (Å²) in [6.07, 6.45) is 1.09. The highest BCUT2D eigenvalue weighted by molar-refractivity contribution is 7.89. The van der Waals surface area contributed by atoms with Gasteiger partial charge in [-0.25, -0.2) is 13.4 Å². The zero-order valence-corrected chi connectivity index (χ0v) is 18.5. The lowest BCUT2D eigenvalue weighted by Gasteiger charge is -2.24. The summed E-state index contributed by atoms with van der Waals surface area (Å²) in [5.74, 6) is 1.39. The van der Waals surface area contributed by atoms with Crippen LogP contribution >= 0.6 is 0 Å². The Labute approximate surface area is 169 Å². The quantitative estimate of drug-likeness (QED) is 0.525. The van der Waals surface area contributed by atoms with Gasteiger partial charge in [0.2, 0.25) is 10.0 Å². The Hall–Kier alpha value is -1.64. The molecule has 1 atom stereocenters. The van der Waals surface area contributed by atoms with Gasteiger partial charge in [-0.15, -0.1) is 0 Å². The topological polar surface area (TPSA) is 74.2 Å². The van der Waals surface area contributed by atoms with Crippen molar-refractivity contribution in [2.75, 3.05) is 40.4 Å². The predicted molar refractivity (Wildman–Crippen MR) is 113 cm³/mol. The summed E-state index contributed by atoms with van der Waals surface area (Å²) in [6.45, 7) is 9.61. The Kier molecular flexibility index (Phi) is 8.27. The van der Waals surface area contributed by atoms with E-state index in [-0.39, 0.29) is 6.04 Å². The number of hydrogen-bond donors (Lipinski definition) is 1. The van der Waals surface area contributed by atoms with Gasteiger partial charge in [0.05, 0.1) is 18.0 Å². The van der Waals surface area contributed by atoms with E-state index in [0.717, 1.165) is 44.2 Å². The number of guanidine groups is 1. The number of sulfonamides is 1. The van der Waals surface area contributed by atoms with Gasteiger partial charge in [-0.05, 0) is 44.9 Å². The molecule has 1 saturated heterocycles. The van der Waals surface area contributed by atoms with Crippen molar-refractivity contribution in [1.82, 2.24) is 14.5 Å². The van der Waals surface area contributed by atoms with Crippen LogP contribution in [0.4, 0.5) is 0 Å². The average molecular weight is 411 g/mol. The first-order valence-electron chi connectivity index (χ1n) is 9.89. The molecule has 0 spiro atoms. The van der Waals surface area contributed by atoms with Crippen LogP contribution in [0, 0.1) is 5.92 Å². The summed E-state index contributed by atoms with van der Waals surface area (Å²) < 4.78 is 32.0. The molecule has 0 saturated carbocycles. The van der Waals surface area contributed by atoms with Gasteiger partial charge in [0.15, 0.2) is 5.96 Å². The molecule has 1 N–H and O–H groups in total. The van der Waals surface area contributed by atoms with E-state index in [1.165, 1.54) is 4.31 Å². The molecule has 2 rings (SSSR count). The monoisotopic (exact) mass is 410 g/mol. The van der Waals surface area contributed by atoms with Crippen molar-refractivity contribution in [3.8, 4) is 0 Å². The third kappa shape index (κ3) is 5.93. The van der Waals surface area contributed by atoms with Gasteiger partial charge in [0, 0.05) is 45.8 Å². The summed E-state index contributed by atoms with van der Waals surface area (Å²) in [7, 11) is 0.186. The molecular weight excluding hydrogens is 376 g/mol. The zero-order chi connectivity index (χ0) is 20.7. The normalized spacial score (nSPS) is 18.1. The SMILES string of the molecule is CCNC(=NCc1ccc(S(=O)(=O)N(C)C(C)C)cc1)N(C)CC1CCOC1. The molecule has 0 amide bonds. The van der Waals surface area contributed by atoms with E-state index in [2.05, 4.69) is 10.2 Å². The summed E-state index contributed by atoms with van der Waals surface area (Å²) in [5.41, 5.74) is 0.971. The van der Waals surface area contributed by atoms with Crippen LogP contribution in [-0.4, -0.2) is 70.0 Å². The fourth-order valence-electron chi connectivity index (χ4n) is 3.05. The molecule has 0 aromatic heterocycles. The average Bonchev–Trinajstić information content (AvgIpc) is 3.17. The highest BCUT2D eigenvalue weighted by Crippen LogP contribution is 2.18. The van der Waals surface area contributed by atoms with E-state index < -0.39 is 10.0 Å². The number of nitrogens with one attached hydrogen (secondary N) is 1. The summed E-state index contributed by atoms with van der Waals surface area (Å²) in [6, 6.07) is 6.90. The molecule has 1 aliphatic heterocycles. The summed E-state index contributed by atoms with van der Waals surface area (Å²) >= 11 is 0. The van der Waals surface area contributed by atoms with Crippen molar-refractivity contribution >= 4 is 16.0 Å². The molecule has 0 bridgehead atoms. The molecule has 1 heterocycles. The van der Waals surface area contributed by atoms with Crippen LogP contribution in [0.2, 0.25) is 0 Å². The molecule has 1 unspecified atom stereocenters. The second-order valence-corrected chi connectivity index (χ2v) is 9.54. The van der Waals surface area contributed by atoms with E-state index in [9.17, 15) is 8.42 Å². The summed E-state index contributed by atoms with van der Waals surface area (Å²) in [4.78, 5) is 7.16. The smallest absolute Gasteiger partial charge is 0.243 e. The number of nitrogens with zero attached hydrogens (tertiary/aromatic N) is 3. The zero-order valence-electron chi connectivity index (χ0n) is 17.7. The van der Waals surface area contributed by atoms with Crippen LogP contribution in [-0.2, 0) is 21.3 Å². The van der Waals surface area contributed by atoms with Crippen molar-refractivity contribution in [3.63, 3.8) is 0 Å². The molecule has 8 heteroatoms. The molecule has 1 aromatic carbocycles. The van der Waals surface area contributed by atoms with Crippen LogP contribution in [0.1, 0.15) is 32.8 Å². The first-order valence-corrected chi connectivity index (χ1v) is 11.3. The second kappa shape index (κ2) is 10.2. The standard InChI is InChI=1S/C20H34N4O3S/c1-6-21-20(23(4)14-18-11-12-27-15-18)22-13-17-7-9-19(10-8-17)28(25,26)24(5)16(2)3/h7-10,16,18H,6,11-15H2,1-5H3,(H,21,22). The number of benzene rings is 1. The van der Waals surface area contributed by atoms with Gasteiger partial charge >= 0.3 is 0 Å². The molecule has 7 nitrogen and oxygen atoms in total. The summed E-state index contributed by atoms with van der Waals surface area (Å²) in [5, 5.41) is 3.32. The van der Waals surface area contributed by atoms with Crippen molar-refractivity contribution in [2.24, 2.45) is 10.9 Å². The van der Waals surface area contributed by atoms with E-state index in [4.69, 9.17) is 9.73 Å². The van der Waals surface area contributed by atoms with Crippen LogP contribution in [0.5, 0.6) is 0 Å². The van der Waals surface area contributed by atoms with Crippen molar-refractivity contribution in [1.29, 1.82) is 0 Å². The number of ether oxygens (including phenoxy) is 1. The molecule has 158 valence electrons. The first-order chi connectivity index (χ1) is 13.3. The van der Waals surface area contributed by atoms with Gasteiger partial charge in [0.25, 0.3) is 0 Å². The number of hydrogen-bond acceptors (Lipinski definition) is 4. The maximum Gasteiger partial charge on any atom is 0.243 e. The third-order valence-corrected chi connectivity index (χ3v) is 7.04. The Bertz CT molecular complexity index is 741. The molecular formula is C20H34N4O3S. The number of aliphatic imine (C=N–C) groups is 1. The minimum Gasteiger partial charge on any atom is -0.381 e. The lowest BCUT2D eigenvalue weighted by atomic mass is 10.1. The first kappa shape index (κ1) is 22.6. The van der Waals surface area contributed by atoms with Crippen molar-refractivity contribution in [2.45, 2.75) is 44.7 Å². The van der Waals surface area contributed by atoms with Crippen LogP contribution in [0.15, 0.2) is 34.2 Å². The van der Waals surface area contributed by atoms with Crippen LogP contribution in [0.3, 0.4) is 0 Å². The molecule has 28 heavy (non-hydrogen) atoms. The van der Waals surface area contributed by atoms with Crippen molar-refractivity contribution < 1.29 is 13.2 Å². The van der Waals surface area contributed by atoms with Gasteiger partial charge in [-0.1, -0.05) is 12.1 Å². The third-order valence-electron chi connectivity index (χ3n) is 4.99. The van der Waals surface area contributed by atoms with Gasteiger partial charge in [-0.3, -0.25) is 0 Å². The van der Waals surface area contributed by atoms with Gasteiger partial charge in [0.1, 0.15) is 0 Å². The van der Waals surface area contributed by atoms with Crippen LogP contribution in [0.25, 0.3) is 0 Å². The molecule has 1 aliphatic rings. The highest BCUT2D eigenvalue weighted by Gasteiger charge is 2.23. The predicted octanol–water partition coefficient (Wildman–Crippen LogP) is 2.15. The van der Waals surface area contributed by atoms with E-state index >= 15 is 0 Å². The lowest BCUT2D eigenvalue weighted by molar-refractivity contribution is 0.181. The van der Waals surface area contributed by atoms with Crippen molar-refractivity contribution in [3.05, 3.63) is 29.8 Å². The minimum absolute atomic E-state index is 0.0854. The Morgan fingerprint density at radius 2 is 1.96 bits per heavy atom. The number of rotatable bonds is 8. The molecule has 1 fully saturated rings. The molecule has 0 radical (unpaired) electrons. The maximum atomic E-state index is 12.6. The lowest BCUT2D eigenvalue weighted by Crippen LogP contribution is -2.41. The van der Waals surface area contributed by atoms with E-state index in [1.807, 2.05) is 40.0 Å². The van der Waals surface area contributed by atoms with Gasteiger partial charge < -0.3 is 15.0 Å². The Morgan fingerprint density at radius 3 is 2.50 bits per heavy atom. The highest BCUT2D eigenvalue weighted by atomic mass is 32.2. The molecule has 1 aromatic rings. The fourth-order valence-corrected chi connectivity index (χ4v) is 4.42. The minimum atomic E-state index is -3.46. The second-order valence-electron chi connectivity index (χ2n) is 7.54. The Balaban J connectivity index is 2.06. The van der Waals surface area contributed by atoms with Gasteiger partial charge in [-0.2, -0.15) is 4.31 Å². The van der Waals surface area contributed by atoms with E-state index in [1.54, 1.807) is 19.2 Å². The fraction of sp³-hybridized carbons (Fsp3) is 0.650. The molecule has 0 aliphatic carbocycles. The van der Waals surface area contributed by atoms with Crippen LogP contribution < -0.4 is 5.32 Å². The Morgan fingerprint density at radius 1 is 1.29 bits per heavy atom. The maximum absolute atomic E-state index is 12.6. The van der Waals surface area contributed by atoms with E-state index in [0.29, 0.717) is 17.4 Å². The largest absolute Gasteiger partial charge is 0.381 e.